The topological polar surface area (TPSA) is 75.8 Å². The highest BCUT2D eigenvalue weighted by Gasteiger charge is 2.48. The second kappa shape index (κ2) is 5.55. The van der Waals surface area contributed by atoms with Crippen LogP contribution in [0.15, 0.2) is 0 Å². The second-order valence-electron chi connectivity index (χ2n) is 5.81. The lowest BCUT2D eigenvalue weighted by atomic mass is 9.94. The van der Waals surface area contributed by atoms with Crippen molar-refractivity contribution in [2.75, 3.05) is 26.7 Å². The normalized spacial score (nSPS) is 28.1. The molecule has 0 amide bonds. The number of hydrogen-bond donors (Lipinski definition) is 2. The SMILES string of the molecule is CN(CC1CCCCO1)CC(N)(C(=O)O)C1CC1. The molecule has 5 heteroatoms. The van der Waals surface area contributed by atoms with E-state index in [1.165, 1.54) is 6.42 Å². The molecule has 1 aliphatic carbocycles. The predicted octanol–water partition coefficient (Wildman–Crippen LogP) is 0.679. The Hall–Kier alpha value is -0.650. The third-order valence-electron chi connectivity index (χ3n) is 4.02. The van der Waals surface area contributed by atoms with Gasteiger partial charge in [-0.1, -0.05) is 0 Å². The van der Waals surface area contributed by atoms with E-state index < -0.39 is 11.5 Å². The molecule has 0 aromatic heterocycles. The van der Waals surface area contributed by atoms with Crippen LogP contribution < -0.4 is 5.73 Å². The first-order chi connectivity index (χ1) is 8.52. The maximum absolute atomic E-state index is 11.3. The summed E-state index contributed by atoms with van der Waals surface area (Å²) in [5.74, 6) is -0.730. The van der Waals surface area contributed by atoms with Gasteiger partial charge in [0.15, 0.2) is 0 Å². The first-order valence-electron chi connectivity index (χ1n) is 6.85. The maximum Gasteiger partial charge on any atom is 0.325 e. The number of ether oxygens (including phenoxy) is 1. The molecule has 2 rings (SSSR count). The van der Waals surface area contributed by atoms with Crippen molar-refractivity contribution < 1.29 is 14.6 Å². The fourth-order valence-corrected chi connectivity index (χ4v) is 2.78. The third kappa shape index (κ3) is 3.22. The zero-order valence-corrected chi connectivity index (χ0v) is 11.1. The monoisotopic (exact) mass is 256 g/mol. The molecule has 0 spiro atoms. The van der Waals surface area contributed by atoms with E-state index in [1.807, 2.05) is 11.9 Å². The van der Waals surface area contributed by atoms with E-state index in [0.29, 0.717) is 6.54 Å². The molecular weight excluding hydrogens is 232 g/mol. The molecule has 104 valence electrons. The van der Waals surface area contributed by atoms with Gasteiger partial charge in [-0.15, -0.1) is 0 Å². The van der Waals surface area contributed by atoms with Gasteiger partial charge in [0.1, 0.15) is 5.54 Å². The van der Waals surface area contributed by atoms with Crippen LogP contribution in [-0.2, 0) is 9.53 Å². The summed E-state index contributed by atoms with van der Waals surface area (Å²) in [6.07, 6.45) is 5.53. The Balaban J connectivity index is 1.84. The Bertz CT molecular complexity index is 301. The fraction of sp³-hybridized carbons (Fsp3) is 0.923. The van der Waals surface area contributed by atoms with Gasteiger partial charge in [0.25, 0.3) is 0 Å². The molecule has 2 aliphatic rings. The highest BCUT2D eigenvalue weighted by Crippen LogP contribution is 2.38. The van der Waals surface area contributed by atoms with Crippen LogP contribution in [-0.4, -0.2) is 54.4 Å². The number of hydrogen-bond acceptors (Lipinski definition) is 4. The van der Waals surface area contributed by atoms with Crippen molar-refractivity contribution in [2.45, 2.75) is 43.7 Å². The molecule has 3 N–H and O–H groups in total. The van der Waals surface area contributed by atoms with Gasteiger partial charge < -0.3 is 20.5 Å². The number of carbonyl (C=O) groups is 1. The van der Waals surface area contributed by atoms with Crippen molar-refractivity contribution in [1.82, 2.24) is 4.90 Å². The third-order valence-corrected chi connectivity index (χ3v) is 4.02. The van der Waals surface area contributed by atoms with E-state index in [9.17, 15) is 9.90 Å². The molecule has 1 saturated heterocycles. The number of aliphatic carboxylic acids is 1. The number of likely N-dealkylation sites (N-methyl/N-ethyl adjacent to an activating group) is 1. The Morgan fingerprint density at radius 3 is 2.67 bits per heavy atom. The van der Waals surface area contributed by atoms with Gasteiger partial charge in [0.2, 0.25) is 0 Å². The molecule has 0 aromatic rings. The van der Waals surface area contributed by atoms with Crippen LogP contribution in [0, 0.1) is 5.92 Å². The molecule has 2 fully saturated rings. The lowest BCUT2D eigenvalue weighted by Crippen LogP contribution is -2.58. The summed E-state index contributed by atoms with van der Waals surface area (Å²) in [6, 6.07) is 0. The number of carboxylic acid groups (broad SMARTS) is 1. The largest absolute Gasteiger partial charge is 0.480 e. The Morgan fingerprint density at radius 2 is 2.17 bits per heavy atom. The van der Waals surface area contributed by atoms with Gasteiger partial charge in [-0.2, -0.15) is 0 Å². The summed E-state index contributed by atoms with van der Waals surface area (Å²) < 4.78 is 5.67. The number of rotatable bonds is 6. The first-order valence-corrected chi connectivity index (χ1v) is 6.85. The summed E-state index contributed by atoms with van der Waals surface area (Å²) in [7, 11) is 1.94. The van der Waals surface area contributed by atoms with Gasteiger partial charge in [-0.25, -0.2) is 0 Å². The Kier molecular flexibility index (Phi) is 4.25. The number of nitrogens with two attached hydrogens (primary N) is 1. The lowest BCUT2D eigenvalue weighted by Gasteiger charge is -2.33. The number of nitrogens with zero attached hydrogens (tertiary/aromatic N) is 1. The smallest absolute Gasteiger partial charge is 0.325 e. The lowest BCUT2D eigenvalue weighted by molar-refractivity contribution is -0.145. The van der Waals surface area contributed by atoms with Crippen LogP contribution in [0.4, 0.5) is 0 Å². The summed E-state index contributed by atoms with van der Waals surface area (Å²) in [5, 5.41) is 9.31. The maximum atomic E-state index is 11.3. The molecule has 1 heterocycles. The average molecular weight is 256 g/mol. The van der Waals surface area contributed by atoms with Gasteiger partial charge >= 0.3 is 5.97 Å². The van der Waals surface area contributed by atoms with Gasteiger partial charge in [-0.05, 0) is 45.1 Å². The van der Waals surface area contributed by atoms with E-state index >= 15 is 0 Å². The van der Waals surface area contributed by atoms with Crippen molar-refractivity contribution in [3.63, 3.8) is 0 Å². The van der Waals surface area contributed by atoms with Gasteiger partial charge in [-0.3, -0.25) is 4.79 Å². The Labute approximate surface area is 108 Å². The average Bonchev–Trinajstić information content (AvgIpc) is 3.13. The van der Waals surface area contributed by atoms with E-state index in [2.05, 4.69) is 0 Å². The first kappa shape index (κ1) is 13.8. The van der Waals surface area contributed by atoms with Crippen molar-refractivity contribution >= 4 is 5.97 Å². The Morgan fingerprint density at radius 1 is 1.44 bits per heavy atom. The summed E-state index contributed by atoms with van der Waals surface area (Å²) in [4.78, 5) is 13.4. The molecule has 1 saturated carbocycles. The minimum absolute atomic E-state index is 0.143. The zero-order chi connectivity index (χ0) is 13.2. The highest BCUT2D eigenvalue weighted by atomic mass is 16.5. The second-order valence-corrected chi connectivity index (χ2v) is 5.81. The van der Waals surface area contributed by atoms with Crippen LogP contribution in [0.1, 0.15) is 32.1 Å². The summed E-state index contributed by atoms with van der Waals surface area (Å²) in [5.41, 5.74) is 4.99. The molecular formula is C13H24N2O3. The molecule has 2 atom stereocenters. The van der Waals surface area contributed by atoms with Crippen molar-refractivity contribution in [2.24, 2.45) is 11.7 Å². The zero-order valence-electron chi connectivity index (χ0n) is 11.1. The minimum atomic E-state index is -1.08. The van der Waals surface area contributed by atoms with Crippen molar-refractivity contribution in [1.29, 1.82) is 0 Å². The summed E-state index contributed by atoms with van der Waals surface area (Å²) in [6.45, 7) is 2.01. The minimum Gasteiger partial charge on any atom is -0.480 e. The van der Waals surface area contributed by atoms with Crippen LogP contribution in [0.2, 0.25) is 0 Å². The van der Waals surface area contributed by atoms with E-state index in [-0.39, 0.29) is 12.0 Å². The van der Waals surface area contributed by atoms with E-state index in [0.717, 1.165) is 38.8 Å². The van der Waals surface area contributed by atoms with Gasteiger partial charge in [0, 0.05) is 19.7 Å². The standard InChI is InChI=1S/C13H24N2O3/c1-15(8-11-4-2-3-7-18-11)9-13(14,12(16)17)10-5-6-10/h10-11H,2-9,14H2,1H3,(H,16,17). The molecule has 0 bridgehead atoms. The molecule has 2 unspecified atom stereocenters. The molecule has 5 nitrogen and oxygen atoms in total. The van der Waals surface area contributed by atoms with Crippen LogP contribution in [0.5, 0.6) is 0 Å². The molecule has 0 radical (unpaired) electrons. The van der Waals surface area contributed by atoms with Crippen LogP contribution in [0.25, 0.3) is 0 Å². The van der Waals surface area contributed by atoms with Crippen LogP contribution in [0.3, 0.4) is 0 Å². The molecule has 1 aliphatic heterocycles. The van der Waals surface area contributed by atoms with E-state index in [4.69, 9.17) is 10.5 Å². The number of carboxylic acids is 1. The summed E-state index contributed by atoms with van der Waals surface area (Å²) >= 11 is 0. The highest BCUT2D eigenvalue weighted by molar-refractivity contribution is 5.79. The molecule has 18 heavy (non-hydrogen) atoms. The van der Waals surface area contributed by atoms with E-state index in [1.54, 1.807) is 0 Å². The van der Waals surface area contributed by atoms with Crippen LogP contribution >= 0.6 is 0 Å². The quantitative estimate of drug-likeness (QED) is 0.731. The van der Waals surface area contributed by atoms with Crippen molar-refractivity contribution in [3.05, 3.63) is 0 Å². The predicted molar refractivity (Wildman–Crippen MR) is 68.4 cm³/mol. The van der Waals surface area contributed by atoms with Crippen molar-refractivity contribution in [3.8, 4) is 0 Å². The fourth-order valence-electron chi connectivity index (χ4n) is 2.78. The van der Waals surface area contributed by atoms with Gasteiger partial charge in [0.05, 0.1) is 6.10 Å². The molecule has 0 aromatic carbocycles.